The average molecular weight is 436 g/mol. The standard InChI is InChI=1S/C19H15ClFN3O4S/c20-14-2-1-3-15(21)13(14)10-28-12-6-4-11(5-7-12)9-22-24-19-23-18(27)16(29-19)8-17(25)26/h1-7,9,16H,8,10H2,(H,25,26)(H,23,24,27)/b22-9-/t16-/m1/s1. The Morgan fingerprint density at radius 1 is 1.31 bits per heavy atom. The molecule has 29 heavy (non-hydrogen) atoms. The molecule has 0 saturated carbocycles. The van der Waals surface area contributed by atoms with Crippen LogP contribution in [0.5, 0.6) is 5.75 Å². The second kappa shape index (κ2) is 9.53. The maximum Gasteiger partial charge on any atom is 0.305 e. The lowest BCUT2D eigenvalue weighted by Crippen LogP contribution is -2.26. The highest BCUT2D eigenvalue weighted by Crippen LogP contribution is 2.23. The highest BCUT2D eigenvalue weighted by Gasteiger charge is 2.32. The molecule has 0 aromatic heterocycles. The normalized spacial score (nSPS) is 17.7. The Hall–Kier alpha value is -2.91. The zero-order chi connectivity index (χ0) is 20.8. The second-order valence-corrected chi connectivity index (χ2v) is 7.50. The number of rotatable bonds is 7. The molecule has 1 aliphatic heterocycles. The molecular formula is C19H15ClFN3O4S. The van der Waals surface area contributed by atoms with Gasteiger partial charge in [-0.3, -0.25) is 9.59 Å². The summed E-state index contributed by atoms with van der Waals surface area (Å²) in [6.45, 7) is 0.00102. The summed E-state index contributed by atoms with van der Waals surface area (Å²) in [5.41, 5.74) is 1.01. The number of ether oxygens (including phenoxy) is 1. The van der Waals surface area contributed by atoms with E-state index in [9.17, 15) is 14.0 Å². The number of carbonyl (C=O) groups excluding carboxylic acids is 1. The number of amidine groups is 1. The first-order valence-corrected chi connectivity index (χ1v) is 9.64. The number of hydrogen-bond acceptors (Lipinski definition) is 6. The van der Waals surface area contributed by atoms with Crippen molar-refractivity contribution in [2.24, 2.45) is 10.2 Å². The van der Waals surface area contributed by atoms with E-state index in [-0.39, 0.29) is 23.8 Å². The third-order valence-electron chi connectivity index (χ3n) is 3.82. The van der Waals surface area contributed by atoms with E-state index in [4.69, 9.17) is 21.4 Å². The molecule has 0 unspecified atom stereocenters. The van der Waals surface area contributed by atoms with Gasteiger partial charge in [-0.15, -0.1) is 5.10 Å². The molecule has 10 heteroatoms. The van der Waals surface area contributed by atoms with Gasteiger partial charge in [0.15, 0.2) is 5.17 Å². The summed E-state index contributed by atoms with van der Waals surface area (Å²) < 4.78 is 19.3. The van der Waals surface area contributed by atoms with E-state index in [0.717, 1.165) is 17.3 Å². The Balaban J connectivity index is 1.55. The van der Waals surface area contributed by atoms with E-state index in [2.05, 4.69) is 15.5 Å². The predicted molar refractivity (Wildman–Crippen MR) is 109 cm³/mol. The number of nitrogens with zero attached hydrogens (tertiary/aromatic N) is 2. The summed E-state index contributed by atoms with van der Waals surface area (Å²) in [4.78, 5) is 22.3. The van der Waals surface area contributed by atoms with Crippen molar-refractivity contribution in [1.29, 1.82) is 0 Å². The fourth-order valence-corrected chi connectivity index (χ4v) is 3.50. The third kappa shape index (κ3) is 5.78. The number of nitrogens with one attached hydrogen (secondary N) is 1. The highest BCUT2D eigenvalue weighted by atomic mass is 35.5. The van der Waals surface area contributed by atoms with Crippen LogP contribution in [0.15, 0.2) is 52.7 Å². The lowest BCUT2D eigenvalue weighted by atomic mass is 10.2. The number of carbonyl (C=O) groups is 2. The first-order valence-electron chi connectivity index (χ1n) is 8.38. The Kier molecular flexibility index (Phi) is 6.84. The van der Waals surface area contributed by atoms with Gasteiger partial charge in [-0.1, -0.05) is 29.4 Å². The molecule has 1 aliphatic rings. The van der Waals surface area contributed by atoms with Crippen molar-refractivity contribution in [1.82, 2.24) is 5.32 Å². The van der Waals surface area contributed by atoms with Crippen LogP contribution in [-0.4, -0.2) is 33.6 Å². The highest BCUT2D eigenvalue weighted by molar-refractivity contribution is 8.15. The van der Waals surface area contributed by atoms with Crippen LogP contribution < -0.4 is 10.1 Å². The van der Waals surface area contributed by atoms with Crippen LogP contribution in [0, 0.1) is 5.82 Å². The van der Waals surface area contributed by atoms with Gasteiger partial charge in [0.25, 0.3) is 0 Å². The number of halogens is 2. The van der Waals surface area contributed by atoms with Crippen LogP contribution >= 0.6 is 23.4 Å². The molecule has 1 heterocycles. The van der Waals surface area contributed by atoms with Crippen LogP contribution in [0.3, 0.4) is 0 Å². The number of thioether (sulfide) groups is 1. The van der Waals surface area contributed by atoms with E-state index < -0.39 is 22.9 Å². The molecule has 0 spiro atoms. The fourth-order valence-electron chi connectivity index (χ4n) is 2.37. The first-order chi connectivity index (χ1) is 13.9. The van der Waals surface area contributed by atoms with Gasteiger partial charge in [-0.05, 0) is 42.0 Å². The largest absolute Gasteiger partial charge is 0.489 e. The van der Waals surface area contributed by atoms with Gasteiger partial charge in [0, 0.05) is 5.56 Å². The molecule has 1 fully saturated rings. The van der Waals surface area contributed by atoms with Gasteiger partial charge in [0.05, 0.1) is 17.7 Å². The van der Waals surface area contributed by atoms with Crippen molar-refractivity contribution in [3.8, 4) is 5.75 Å². The van der Waals surface area contributed by atoms with Gasteiger partial charge < -0.3 is 15.2 Å². The van der Waals surface area contributed by atoms with E-state index in [1.165, 1.54) is 18.3 Å². The van der Waals surface area contributed by atoms with Gasteiger partial charge >= 0.3 is 5.97 Å². The molecule has 2 aromatic rings. The molecule has 1 atom stereocenters. The van der Waals surface area contributed by atoms with Crippen LogP contribution in [0.2, 0.25) is 5.02 Å². The summed E-state index contributed by atoms with van der Waals surface area (Å²) >= 11 is 6.99. The molecule has 0 aliphatic carbocycles. The zero-order valence-electron chi connectivity index (χ0n) is 14.8. The molecule has 1 saturated heterocycles. The molecule has 7 nitrogen and oxygen atoms in total. The Morgan fingerprint density at radius 3 is 2.76 bits per heavy atom. The summed E-state index contributed by atoms with van der Waals surface area (Å²) in [6.07, 6.45) is 1.19. The van der Waals surface area contributed by atoms with Crippen molar-refractivity contribution < 1.29 is 23.8 Å². The van der Waals surface area contributed by atoms with Gasteiger partial charge in [0.2, 0.25) is 5.91 Å². The lowest BCUT2D eigenvalue weighted by molar-refractivity contribution is -0.138. The summed E-state index contributed by atoms with van der Waals surface area (Å²) in [5.74, 6) is -1.35. The minimum Gasteiger partial charge on any atom is -0.489 e. The van der Waals surface area contributed by atoms with E-state index >= 15 is 0 Å². The molecule has 0 bridgehead atoms. The fraction of sp³-hybridized carbons (Fsp3) is 0.158. The van der Waals surface area contributed by atoms with Crippen LogP contribution in [-0.2, 0) is 16.2 Å². The van der Waals surface area contributed by atoms with Crippen LogP contribution in [0.1, 0.15) is 17.5 Å². The van der Waals surface area contributed by atoms with Crippen molar-refractivity contribution in [2.75, 3.05) is 0 Å². The average Bonchev–Trinajstić information content (AvgIpc) is 3.01. The quantitative estimate of drug-likeness (QED) is 0.512. The monoisotopic (exact) mass is 435 g/mol. The number of benzene rings is 2. The van der Waals surface area contributed by atoms with Gasteiger partial charge in [-0.2, -0.15) is 5.10 Å². The molecular weight excluding hydrogens is 421 g/mol. The maximum absolute atomic E-state index is 13.7. The Bertz CT molecular complexity index is 962. The maximum atomic E-state index is 13.7. The van der Waals surface area contributed by atoms with E-state index in [0.29, 0.717) is 10.8 Å². The van der Waals surface area contributed by atoms with Crippen LogP contribution in [0.25, 0.3) is 0 Å². The topological polar surface area (TPSA) is 100 Å². The van der Waals surface area contributed by atoms with E-state index in [1.54, 1.807) is 30.3 Å². The number of amides is 1. The lowest BCUT2D eigenvalue weighted by Gasteiger charge is -2.08. The first kappa shape index (κ1) is 20.8. The molecule has 1 amide bonds. The Morgan fingerprint density at radius 2 is 2.07 bits per heavy atom. The minimum absolute atomic E-state index is 0.00102. The summed E-state index contributed by atoms with van der Waals surface area (Å²) in [7, 11) is 0. The number of carboxylic acid groups (broad SMARTS) is 1. The smallest absolute Gasteiger partial charge is 0.305 e. The SMILES string of the molecule is O=C(O)C[C@H]1S/C(=N\N=C/c2ccc(OCc3c(F)cccc3Cl)cc2)NC1=O. The Labute approximate surface area is 174 Å². The molecule has 3 rings (SSSR count). The number of carboxylic acids is 1. The summed E-state index contributed by atoms with van der Waals surface area (Å²) in [6, 6.07) is 11.3. The van der Waals surface area contributed by atoms with Crippen LogP contribution in [0.4, 0.5) is 4.39 Å². The number of aliphatic carboxylic acids is 1. The minimum atomic E-state index is -1.05. The molecule has 0 radical (unpaired) electrons. The molecule has 150 valence electrons. The molecule has 2 aromatic carbocycles. The molecule has 2 N–H and O–H groups in total. The van der Waals surface area contributed by atoms with Gasteiger partial charge in [0.1, 0.15) is 23.4 Å². The van der Waals surface area contributed by atoms with Crippen molar-refractivity contribution in [2.45, 2.75) is 18.3 Å². The summed E-state index contributed by atoms with van der Waals surface area (Å²) in [5, 5.41) is 18.9. The van der Waals surface area contributed by atoms with Crippen molar-refractivity contribution in [3.63, 3.8) is 0 Å². The number of hydrogen-bond donors (Lipinski definition) is 2. The van der Waals surface area contributed by atoms with E-state index in [1.807, 2.05) is 0 Å². The second-order valence-electron chi connectivity index (χ2n) is 5.90. The predicted octanol–water partition coefficient (Wildman–Crippen LogP) is 3.45. The third-order valence-corrected chi connectivity index (χ3v) is 5.24. The van der Waals surface area contributed by atoms with Crippen molar-refractivity contribution >= 4 is 46.6 Å². The zero-order valence-corrected chi connectivity index (χ0v) is 16.4. The van der Waals surface area contributed by atoms with Crippen molar-refractivity contribution in [3.05, 3.63) is 64.4 Å². The van der Waals surface area contributed by atoms with Gasteiger partial charge in [-0.25, -0.2) is 4.39 Å².